The third-order valence-electron chi connectivity index (χ3n) is 5.20. The molecular weight excluding hydrogens is 426 g/mol. The molecule has 3 aromatic rings. The predicted molar refractivity (Wildman–Crippen MR) is 112 cm³/mol. The zero-order chi connectivity index (χ0) is 22.6. The standard InChI is InChI=1S/C18H21N7O5S/c1-18(5-6-18)22-31(29,30)12-3-4-14-13(7-12)16(27)24(17(28)23(14)2)10-15(26)21-11-8-20-25(19)9-11/h3-4,7-9,22H,5-6,10,19H2,1-2H3,(H,21,26). The third-order valence-corrected chi connectivity index (χ3v) is 6.84. The van der Waals surface area contributed by atoms with Gasteiger partial charge in [-0.05, 0) is 38.0 Å². The molecule has 2 heterocycles. The molecule has 0 unspecified atom stereocenters. The number of hydrogen-bond donors (Lipinski definition) is 3. The van der Waals surface area contributed by atoms with E-state index >= 15 is 0 Å². The summed E-state index contributed by atoms with van der Waals surface area (Å²) in [5, 5.41) is 6.21. The van der Waals surface area contributed by atoms with E-state index in [1.165, 1.54) is 42.2 Å². The molecule has 4 N–H and O–H groups in total. The number of nitrogens with one attached hydrogen (secondary N) is 2. The average molecular weight is 447 g/mol. The lowest BCUT2D eigenvalue weighted by atomic mass is 10.2. The molecule has 0 bridgehead atoms. The first kappa shape index (κ1) is 20.8. The molecule has 1 aromatic carbocycles. The maximum atomic E-state index is 13.0. The van der Waals surface area contributed by atoms with Gasteiger partial charge in [0.25, 0.3) is 5.56 Å². The van der Waals surface area contributed by atoms with Gasteiger partial charge in [0.1, 0.15) is 6.54 Å². The molecule has 1 aliphatic rings. The number of anilines is 1. The molecule has 0 aliphatic heterocycles. The van der Waals surface area contributed by atoms with Gasteiger partial charge in [0, 0.05) is 12.6 Å². The van der Waals surface area contributed by atoms with Crippen LogP contribution in [-0.4, -0.2) is 38.9 Å². The van der Waals surface area contributed by atoms with Crippen molar-refractivity contribution in [1.82, 2.24) is 23.7 Å². The van der Waals surface area contributed by atoms with Crippen LogP contribution < -0.4 is 27.1 Å². The molecule has 1 fully saturated rings. The number of sulfonamides is 1. The number of nitrogens with two attached hydrogens (primary N) is 1. The van der Waals surface area contributed by atoms with E-state index in [-0.39, 0.29) is 15.8 Å². The second-order valence-corrected chi connectivity index (χ2v) is 9.52. The van der Waals surface area contributed by atoms with Gasteiger partial charge in [-0.3, -0.25) is 18.7 Å². The molecule has 31 heavy (non-hydrogen) atoms. The monoisotopic (exact) mass is 447 g/mol. The van der Waals surface area contributed by atoms with Crippen molar-refractivity contribution in [3.8, 4) is 0 Å². The third kappa shape index (κ3) is 3.96. The lowest BCUT2D eigenvalue weighted by molar-refractivity contribution is -0.116. The van der Waals surface area contributed by atoms with Gasteiger partial charge in [-0.25, -0.2) is 17.9 Å². The molecule has 0 radical (unpaired) electrons. The van der Waals surface area contributed by atoms with E-state index in [1.54, 1.807) is 6.92 Å². The Hall–Kier alpha value is -3.45. The van der Waals surface area contributed by atoms with Crippen LogP contribution >= 0.6 is 0 Å². The minimum absolute atomic E-state index is 0.00787. The Morgan fingerprint density at radius 1 is 1.29 bits per heavy atom. The quantitative estimate of drug-likeness (QED) is 0.411. The number of aryl methyl sites for hydroxylation is 1. The number of carbonyl (C=O) groups excluding carboxylic acids is 1. The molecule has 0 spiro atoms. The molecule has 1 saturated carbocycles. The van der Waals surface area contributed by atoms with Gasteiger partial charge in [0.05, 0.1) is 33.9 Å². The molecule has 0 saturated heterocycles. The van der Waals surface area contributed by atoms with Crippen molar-refractivity contribution in [2.45, 2.75) is 36.7 Å². The van der Waals surface area contributed by atoms with E-state index < -0.39 is 39.3 Å². The predicted octanol–water partition coefficient (Wildman–Crippen LogP) is -0.920. The van der Waals surface area contributed by atoms with Gasteiger partial charge in [0.2, 0.25) is 15.9 Å². The first-order chi connectivity index (χ1) is 14.5. The summed E-state index contributed by atoms with van der Waals surface area (Å²) in [7, 11) is -2.41. The number of fused-ring (bicyclic) bond motifs is 1. The zero-order valence-corrected chi connectivity index (χ0v) is 17.6. The summed E-state index contributed by atoms with van der Waals surface area (Å²) in [6.45, 7) is 1.24. The fraction of sp³-hybridized carbons (Fsp3) is 0.333. The van der Waals surface area contributed by atoms with Gasteiger partial charge in [0.15, 0.2) is 0 Å². The Labute approximate surface area is 176 Å². The molecule has 2 aromatic heterocycles. The Kier molecular flexibility index (Phi) is 4.74. The van der Waals surface area contributed by atoms with Crippen LogP contribution in [0, 0.1) is 0 Å². The van der Waals surface area contributed by atoms with Crippen LogP contribution in [-0.2, 0) is 28.4 Å². The molecule has 12 nitrogen and oxygen atoms in total. The summed E-state index contributed by atoms with van der Waals surface area (Å²) >= 11 is 0. The normalized spacial score (nSPS) is 15.2. The maximum Gasteiger partial charge on any atom is 0.331 e. The van der Waals surface area contributed by atoms with E-state index in [0.29, 0.717) is 5.69 Å². The number of nitrogens with zero attached hydrogens (tertiary/aromatic N) is 4. The maximum absolute atomic E-state index is 13.0. The lowest BCUT2D eigenvalue weighted by Gasteiger charge is -2.14. The second kappa shape index (κ2) is 7.06. The summed E-state index contributed by atoms with van der Waals surface area (Å²) in [4.78, 5) is 38.9. The Bertz CT molecular complexity index is 1430. The Morgan fingerprint density at radius 2 is 2.00 bits per heavy atom. The molecule has 4 rings (SSSR count). The largest absolute Gasteiger partial charge is 0.331 e. The highest BCUT2D eigenvalue weighted by atomic mass is 32.2. The molecule has 1 amide bonds. The number of nitrogen functional groups attached to an aromatic ring is 1. The van der Waals surface area contributed by atoms with Crippen LogP contribution in [0.25, 0.3) is 10.9 Å². The van der Waals surface area contributed by atoms with Gasteiger partial charge >= 0.3 is 5.69 Å². The van der Waals surface area contributed by atoms with Crippen LogP contribution in [0.2, 0.25) is 0 Å². The molecule has 13 heteroatoms. The highest BCUT2D eigenvalue weighted by Gasteiger charge is 2.41. The fourth-order valence-corrected chi connectivity index (χ4v) is 4.71. The number of carbonyl (C=O) groups is 1. The first-order valence-electron chi connectivity index (χ1n) is 9.36. The first-order valence-corrected chi connectivity index (χ1v) is 10.8. The molecule has 0 atom stereocenters. The highest BCUT2D eigenvalue weighted by molar-refractivity contribution is 7.89. The number of aromatic nitrogens is 4. The number of hydrogen-bond acceptors (Lipinski definition) is 7. The van der Waals surface area contributed by atoms with Crippen LogP contribution in [0.4, 0.5) is 5.69 Å². The summed E-state index contributed by atoms with van der Waals surface area (Å²) in [5.74, 6) is 4.78. The minimum atomic E-state index is -3.85. The second-order valence-electron chi connectivity index (χ2n) is 7.84. The number of benzene rings is 1. The lowest BCUT2D eigenvalue weighted by Crippen LogP contribution is -2.42. The van der Waals surface area contributed by atoms with Gasteiger partial charge in [-0.15, -0.1) is 0 Å². The van der Waals surface area contributed by atoms with E-state index in [4.69, 9.17) is 5.84 Å². The van der Waals surface area contributed by atoms with Crippen molar-refractivity contribution in [2.24, 2.45) is 7.05 Å². The van der Waals surface area contributed by atoms with Crippen molar-refractivity contribution in [3.63, 3.8) is 0 Å². The van der Waals surface area contributed by atoms with Crippen LogP contribution in [0.1, 0.15) is 19.8 Å². The summed E-state index contributed by atoms with van der Waals surface area (Å²) < 4.78 is 29.9. The Morgan fingerprint density at radius 3 is 2.61 bits per heavy atom. The Balaban J connectivity index is 1.73. The van der Waals surface area contributed by atoms with Crippen LogP contribution in [0.15, 0.2) is 45.1 Å². The van der Waals surface area contributed by atoms with Crippen molar-refractivity contribution in [3.05, 3.63) is 51.4 Å². The van der Waals surface area contributed by atoms with E-state index in [0.717, 1.165) is 22.2 Å². The van der Waals surface area contributed by atoms with Crippen LogP contribution in [0.3, 0.4) is 0 Å². The van der Waals surface area contributed by atoms with Crippen LogP contribution in [0.5, 0.6) is 0 Å². The molecule has 1 aliphatic carbocycles. The summed E-state index contributed by atoms with van der Waals surface area (Å²) in [6, 6.07) is 3.97. The van der Waals surface area contributed by atoms with Gasteiger partial charge in [-0.1, -0.05) is 0 Å². The number of amides is 1. The van der Waals surface area contributed by atoms with Crippen molar-refractivity contribution in [1.29, 1.82) is 0 Å². The molecular formula is C18H21N7O5S. The van der Waals surface area contributed by atoms with Crippen molar-refractivity contribution in [2.75, 3.05) is 11.2 Å². The van der Waals surface area contributed by atoms with E-state index in [1.807, 2.05) is 0 Å². The SMILES string of the molecule is Cn1c(=O)n(CC(=O)Nc2cnn(N)c2)c(=O)c2cc(S(=O)(=O)NC3(C)CC3)ccc21. The van der Waals surface area contributed by atoms with E-state index in [2.05, 4.69) is 15.1 Å². The number of rotatable bonds is 6. The van der Waals surface area contributed by atoms with Crippen molar-refractivity contribution < 1.29 is 13.2 Å². The van der Waals surface area contributed by atoms with Gasteiger partial charge in [-0.2, -0.15) is 9.89 Å². The minimum Gasteiger partial charge on any atom is -0.323 e. The zero-order valence-electron chi connectivity index (χ0n) is 16.8. The van der Waals surface area contributed by atoms with Crippen molar-refractivity contribution >= 4 is 32.5 Å². The highest BCUT2D eigenvalue weighted by Crippen LogP contribution is 2.36. The fourth-order valence-electron chi connectivity index (χ4n) is 3.22. The molecule has 164 valence electrons. The average Bonchev–Trinajstić information content (AvgIpc) is 3.28. The smallest absolute Gasteiger partial charge is 0.323 e. The topological polar surface area (TPSA) is 163 Å². The van der Waals surface area contributed by atoms with E-state index in [9.17, 15) is 22.8 Å². The van der Waals surface area contributed by atoms with Gasteiger partial charge < -0.3 is 11.2 Å². The summed E-state index contributed by atoms with van der Waals surface area (Å²) in [5.41, 5.74) is -1.40. The summed E-state index contributed by atoms with van der Waals surface area (Å²) in [6.07, 6.45) is 4.13.